The Morgan fingerprint density at radius 3 is 2.32 bits per heavy atom. The number of thiol groups is 2. The summed E-state index contributed by atoms with van der Waals surface area (Å²) in [6.07, 6.45) is -0.236. The fraction of sp³-hybridized carbons (Fsp3) is 0.800. The van der Waals surface area contributed by atoms with Crippen LogP contribution in [-0.2, 0) is 14.3 Å². The van der Waals surface area contributed by atoms with Gasteiger partial charge in [-0.25, -0.2) is 4.79 Å². The minimum absolute atomic E-state index is 0.220. The molecule has 0 aliphatic heterocycles. The highest BCUT2D eigenvalue weighted by Crippen LogP contribution is 2.10. The number of ether oxygens (including phenoxy) is 1. The van der Waals surface area contributed by atoms with E-state index >= 15 is 0 Å². The molecule has 0 spiro atoms. The van der Waals surface area contributed by atoms with E-state index in [0.717, 1.165) is 0 Å². The second-order valence-electron chi connectivity index (χ2n) is 6.34. The zero-order valence-electron chi connectivity index (χ0n) is 15.1. The van der Waals surface area contributed by atoms with E-state index in [-0.39, 0.29) is 19.0 Å². The molecule has 0 saturated carbocycles. The maximum atomic E-state index is 12.2. The molecular weight excluding hydrogens is 364 g/mol. The second-order valence-corrected chi connectivity index (χ2v) is 7.23. The van der Waals surface area contributed by atoms with Gasteiger partial charge in [0.15, 0.2) is 0 Å². The summed E-state index contributed by atoms with van der Waals surface area (Å²) >= 11 is 8.20. The molecule has 1 atom stereocenters. The number of nitrogens with one attached hydrogen (secondary N) is 2. The van der Waals surface area contributed by atoms with Gasteiger partial charge in [0.2, 0.25) is 11.8 Å². The van der Waals surface area contributed by atoms with Crippen molar-refractivity contribution >= 4 is 43.2 Å². The van der Waals surface area contributed by atoms with Gasteiger partial charge >= 0.3 is 6.09 Å². The highest BCUT2D eigenvalue weighted by atomic mass is 32.1. The molecule has 0 saturated heterocycles. The highest BCUT2D eigenvalue weighted by molar-refractivity contribution is 7.80. The zero-order chi connectivity index (χ0) is 19.5. The number of carbonyl (C=O) groups is 3. The van der Waals surface area contributed by atoms with Gasteiger partial charge in [0.1, 0.15) is 18.2 Å². The Hall–Kier alpha value is -1.13. The molecular formula is C15H30N4O4S2. The van der Waals surface area contributed by atoms with Crippen LogP contribution in [0.2, 0.25) is 0 Å². The van der Waals surface area contributed by atoms with E-state index in [1.165, 1.54) is 4.90 Å². The van der Waals surface area contributed by atoms with Crippen LogP contribution >= 0.6 is 25.3 Å². The van der Waals surface area contributed by atoms with Gasteiger partial charge in [0.25, 0.3) is 0 Å². The molecule has 0 bridgehead atoms. The van der Waals surface area contributed by atoms with Gasteiger partial charge in [-0.2, -0.15) is 25.3 Å². The lowest BCUT2D eigenvalue weighted by atomic mass is 10.2. The summed E-state index contributed by atoms with van der Waals surface area (Å²) in [6.45, 7) is 5.89. The molecule has 0 rings (SSSR count). The van der Waals surface area contributed by atoms with Gasteiger partial charge in [-0.1, -0.05) is 0 Å². The van der Waals surface area contributed by atoms with Crippen molar-refractivity contribution in [3.8, 4) is 0 Å². The van der Waals surface area contributed by atoms with Crippen molar-refractivity contribution in [2.24, 2.45) is 5.73 Å². The van der Waals surface area contributed by atoms with Crippen molar-refractivity contribution < 1.29 is 19.1 Å². The molecule has 0 fully saturated rings. The van der Waals surface area contributed by atoms with E-state index in [1.54, 1.807) is 20.8 Å². The Balaban J connectivity index is 4.80. The van der Waals surface area contributed by atoms with Crippen LogP contribution in [-0.4, -0.2) is 72.1 Å². The predicted octanol–water partition coefficient (Wildman–Crippen LogP) is 0.0329. The van der Waals surface area contributed by atoms with Crippen molar-refractivity contribution in [1.29, 1.82) is 0 Å². The normalized spacial score (nSPS) is 12.2. The fourth-order valence-corrected chi connectivity index (χ4v) is 2.31. The lowest BCUT2D eigenvalue weighted by Crippen LogP contribution is -2.51. The Morgan fingerprint density at radius 2 is 1.84 bits per heavy atom. The fourth-order valence-electron chi connectivity index (χ4n) is 1.81. The van der Waals surface area contributed by atoms with E-state index in [4.69, 9.17) is 10.5 Å². The summed E-state index contributed by atoms with van der Waals surface area (Å²) in [5.41, 5.74) is 4.69. The molecule has 0 aromatic heterocycles. The van der Waals surface area contributed by atoms with Crippen LogP contribution in [0.25, 0.3) is 0 Å². The summed E-state index contributed by atoms with van der Waals surface area (Å²) in [5.74, 6) is 0.0185. The third-order valence-corrected chi connectivity index (χ3v) is 3.33. The molecule has 3 amide bonds. The zero-order valence-corrected chi connectivity index (χ0v) is 16.9. The number of carbonyl (C=O) groups excluding carboxylic acids is 3. The average molecular weight is 395 g/mol. The van der Waals surface area contributed by atoms with Gasteiger partial charge < -0.3 is 21.1 Å². The monoisotopic (exact) mass is 394 g/mol. The van der Waals surface area contributed by atoms with Crippen molar-refractivity contribution in [2.45, 2.75) is 38.8 Å². The van der Waals surface area contributed by atoms with Crippen LogP contribution in [0.4, 0.5) is 4.79 Å². The molecule has 0 radical (unpaired) electrons. The van der Waals surface area contributed by atoms with Crippen LogP contribution in [0.5, 0.6) is 0 Å². The van der Waals surface area contributed by atoms with Crippen molar-refractivity contribution in [3.63, 3.8) is 0 Å². The maximum Gasteiger partial charge on any atom is 0.410 e. The number of nitrogens with two attached hydrogens (primary N) is 1. The Labute approximate surface area is 160 Å². The van der Waals surface area contributed by atoms with Crippen LogP contribution in [0, 0.1) is 0 Å². The first kappa shape index (κ1) is 23.9. The molecule has 25 heavy (non-hydrogen) atoms. The first-order chi connectivity index (χ1) is 11.6. The molecule has 0 aliphatic rings. The van der Waals surface area contributed by atoms with Gasteiger partial charge in [-0.3, -0.25) is 14.5 Å². The number of hydrogen-bond acceptors (Lipinski definition) is 7. The summed E-state index contributed by atoms with van der Waals surface area (Å²) < 4.78 is 5.27. The molecule has 0 aromatic rings. The third kappa shape index (κ3) is 11.2. The van der Waals surface area contributed by atoms with E-state index < -0.39 is 23.6 Å². The molecule has 0 aliphatic carbocycles. The lowest BCUT2D eigenvalue weighted by Gasteiger charge is -2.27. The summed E-state index contributed by atoms with van der Waals surface area (Å²) in [7, 11) is 0. The molecule has 8 nitrogen and oxygen atoms in total. The van der Waals surface area contributed by atoms with Gasteiger partial charge in [0.05, 0.1) is 0 Å². The van der Waals surface area contributed by atoms with Crippen molar-refractivity contribution in [2.75, 3.05) is 37.7 Å². The molecule has 0 heterocycles. The summed E-state index contributed by atoms with van der Waals surface area (Å²) in [4.78, 5) is 37.7. The second kappa shape index (κ2) is 12.3. The summed E-state index contributed by atoms with van der Waals surface area (Å²) in [5, 5.41) is 5.24. The van der Waals surface area contributed by atoms with E-state index in [0.29, 0.717) is 31.0 Å². The third-order valence-electron chi connectivity index (χ3n) is 2.87. The van der Waals surface area contributed by atoms with Crippen LogP contribution in [0.3, 0.4) is 0 Å². The van der Waals surface area contributed by atoms with Crippen molar-refractivity contribution in [3.05, 3.63) is 0 Å². The van der Waals surface area contributed by atoms with E-state index in [2.05, 4.69) is 35.9 Å². The van der Waals surface area contributed by atoms with Crippen LogP contribution < -0.4 is 16.4 Å². The Morgan fingerprint density at radius 1 is 1.20 bits per heavy atom. The molecule has 0 unspecified atom stereocenters. The van der Waals surface area contributed by atoms with Crippen LogP contribution in [0.15, 0.2) is 0 Å². The van der Waals surface area contributed by atoms with Gasteiger partial charge in [0, 0.05) is 25.4 Å². The highest BCUT2D eigenvalue weighted by Gasteiger charge is 2.25. The van der Waals surface area contributed by atoms with Gasteiger partial charge in [-0.15, -0.1) is 0 Å². The minimum atomic E-state index is -0.729. The topological polar surface area (TPSA) is 114 Å². The maximum absolute atomic E-state index is 12.2. The molecule has 4 N–H and O–H groups in total. The lowest BCUT2D eigenvalue weighted by molar-refractivity contribution is -0.129. The minimum Gasteiger partial charge on any atom is -0.444 e. The number of nitrogens with zero attached hydrogens (tertiary/aromatic N) is 1. The summed E-state index contributed by atoms with van der Waals surface area (Å²) in [6, 6.07) is -0.729. The largest absolute Gasteiger partial charge is 0.444 e. The SMILES string of the molecule is CC(C)(C)OC(=O)N(CCS)CC(=O)N[C@@H](CCS)C(=O)NCCN. The smallest absolute Gasteiger partial charge is 0.410 e. The van der Waals surface area contributed by atoms with Gasteiger partial charge in [-0.05, 0) is 32.9 Å². The van der Waals surface area contributed by atoms with Crippen molar-refractivity contribution in [1.82, 2.24) is 15.5 Å². The molecule has 0 aromatic carbocycles. The first-order valence-corrected chi connectivity index (χ1v) is 9.38. The number of rotatable bonds is 10. The standard InChI is InChI=1S/C15H30N4O4S2/c1-15(2,3)23-14(22)19(7-9-25)10-12(20)18-11(4-8-24)13(21)17-6-5-16/h11,24-25H,4-10,16H2,1-3H3,(H,17,21)(H,18,20)/t11-/m0/s1. The number of hydrogen-bond donors (Lipinski definition) is 5. The molecule has 146 valence electrons. The quantitative estimate of drug-likeness (QED) is 0.336. The van der Waals surface area contributed by atoms with Crippen LogP contribution in [0.1, 0.15) is 27.2 Å². The van der Waals surface area contributed by atoms with E-state index in [9.17, 15) is 14.4 Å². The molecule has 10 heteroatoms. The Kier molecular flexibility index (Phi) is 11.7. The Bertz CT molecular complexity index is 444. The average Bonchev–Trinajstić information content (AvgIpc) is 2.50. The first-order valence-electron chi connectivity index (χ1n) is 8.11. The van der Waals surface area contributed by atoms with E-state index in [1.807, 2.05) is 0 Å². The number of amides is 3. The predicted molar refractivity (Wildman–Crippen MR) is 104 cm³/mol.